The second-order valence-electron chi connectivity index (χ2n) is 7.28. The zero-order valence-electron chi connectivity index (χ0n) is 14.2. The van der Waals surface area contributed by atoms with Gasteiger partial charge in [0, 0.05) is 19.2 Å². The standard InChI is InChI=1S/C17H30N2O4/c1-11(2)15-9-12(7-8-23-15)10-18-17(22)19-14-5-3-13(4-6-14)16(20)21/h11-15H,3-10H2,1-2H3,(H,20,21)(H2,18,19,22). The van der Waals surface area contributed by atoms with Gasteiger partial charge in [0.2, 0.25) is 0 Å². The zero-order valence-corrected chi connectivity index (χ0v) is 14.2. The molecule has 1 heterocycles. The van der Waals surface area contributed by atoms with Crippen LogP contribution in [0.1, 0.15) is 52.4 Å². The average Bonchev–Trinajstić information content (AvgIpc) is 2.53. The highest BCUT2D eigenvalue weighted by atomic mass is 16.5. The molecule has 2 aliphatic rings. The van der Waals surface area contributed by atoms with Gasteiger partial charge in [-0.05, 0) is 50.4 Å². The third-order valence-electron chi connectivity index (χ3n) is 5.13. The number of carbonyl (C=O) groups is 2. The minimum atomic E-state index is -0.716. The van der Waals surface area contributed by atoms with Crippen LogP contribution in [0.2, 0.25) is 0 Å². The smallest absolute Gasteiger partial charge is 0.315 e. The fourth-order valence-electron chi connectivity index (χ4n) is 3.51. The highest BCUT2D eigenvalue weighted by molar-refractivity contribution is 5.74. The molecule has 2 rings (SSSR count). The number of hydrogen-bond donors (Lipinski definition) is 3. The molecular weight excluding hydrogens is 296 g/mol. The van der Waals surface area contributed by atoms with Gasteiger partial charge in [-0.3, -0.25) is 4.79 Å². The number of aliphatic carboxylic acids is 1. The molecule has 0 spiro atoms. The Morgan fingerprint density at radius 1 is 1.17 bits per heavy atom. The summed E-state index contributed by atoms with van der Waals surface area (Å²) in [7, 11) is 0. The number of urea groups is 1. The van der Waals surface area contributed by atoms with Crippen LogP contribution in [0, 0.1) is 17.8 Å². The number of ether oxygens (including phenoxy) is 1. The minimum Gasteiger partial charge on any atom is -0.481 e. The first kappa shape index (κ1) is 18.0. The minimum absolute atomic E-state index is 0.101. The maximum atomic E-state index is 12.0. The number of carbonyl (C=O) groups excluding carboxylic acids is 1. The Morgan fingerprint density at radius 2 is 1.87 bits per heavy atom. The molecule has 6 nitrogen and oxygen atoms in total. The van der Waals surface area contributed by atoms with Crippen LogP contribution in [0.15, 0.2) is 0 Å². The lowest BCUT2D eigenvalue weighted by atomic mass is 9.86. The molecule has 0 bridgehead atoms. The Kier molecular flexibility index (Phi) is 6.69. The first-order valence-electron chi connectivity index (χ1n) is 8.84. The van der Waals surface area contributed by atoms with Gasteiger partial charge in [-0.2, -0.15) is 0 Å². The normalized spacial score (nSPS) is 31.6. The van der Waals surface area contributed by atoms with E-state index in [4.69, 9.17) is 9.84 Å². The van der Waals surface area contributed by atoms with Gasteiger partial charge in [0.05, 0.1) is 12.0 Å². The summed E-state index contributed by atoms with van der Waals surface area (Å²) in [4.78, 5) is 22.9. The van der Waals surface area contributed by atoms with Crippen LogP contribution in [0.4, 0.5) is 4.79 Å². The van der Waals surface area contributed by atoms with Crippen molar-refractivity contribution >= 4 is 12.0 Å². The van der Waals surface area contributed by atoms with Gasteiger partial charge in [0.25, 0.3) is 0 Å². The first-order valence-corrected chi connectivity index (χ1v) is 8.84. The van der Waals surface area contributed by atoms with E-state index in [1.54, 1.807) is 0 Å². The van der Waals surface area contributed by atoms with Gasteiger partial charge in [-0.15, -0.1) is 0 Å². The monoisotopic (exact) mass is 326 g/mol. The molecular formula is C17H30N2O4. The van der Waals surface area contributed by atoms with Gasteiger partial charge in [0.1, 0.15) is 0 Å². The molecule has 0 aromatic rings. The molecule has 1 saturated heterocycles. The van der Waals surface area contributed by atoms with Crippen LogP contribution in [-0.4, -0.2) is 42.4 Å². The predicted octanol–water partition coefficient (Wildman–Crippen LogP) is 2.38. The first-order chi connectivity index (χ1) is 11.0. The molecule has 6 heteroatoms. The molecule has 23 heavy (non-hydrogen) atoms. The number of nitrogens with one attached hydrogen (secondary N) is 2. The Balaban J connectivity index is 1.65. The van der Waals surface area contributed by atoms with Gasteiger partial charge >= 0.3 is 12.0 Å². The highest BCUT2D eigenvalue weighted by Gasteiger charge is 2.28. The Bertz CT molecular complexity index is 405. The van der Waals surface area contributed by atoms with Crippen molar-refractivity contribution in [1.82, 2.24) is 10.6 Å². The van der Waals surface area contributed by atoms with Crippen molar-refractivity contribution in [3.8, 4) is 0 Å². The van der Waals surface area contributed by atoms with E-state index in [1.165, 1.54) is 0 Å². The van der Waals surface area contributed by atoms with Crippen molar-refractivity contribution in [2.75, 3.05) is 13.2 Å². The lowest BCUT2D eigenvalue weighted by Gasteiger charge is -2.32. The van der Waals surface area contributed by atoms with E-state index < -0.39 is 5.97 Å². The van der Waals surface area contributed by atoms with Gasteiger partial charge < -0.3 is 20.5 Å². The van der Waals surface area contributed by atoms with E-state index in [0.717, 1.165) is 32.3 Å². The molecule has 0 aromatic carbocycles. The Morgan fingerprint density at radius 3 is 2.48 bits per heavy atom. The number of hydrogen-bond acceptors (Lipinski definition) is 3. The second-order valence-corrected chi connectivity index (χ2v) is 7.28. The molecule has 2 fully saturated rings. The summed E-state index contributed by atoms with van der Waals surface area (Å²) in [6, 6.07) is -0.0277. The van der Waals surface area contributed by atoms with E-state index in [1.807, 2.05) is 0 Å². The molecule has 2 atom stereocenters. The summed E-state index contributed by atoms with van der Waals surface area (Å²) in [6.07, 6.45) is 5.08. The molecule has 3 N–H and O–H groups in total. The fraction of sp³-hybridized carbons (Fsp3) is 0.882. The molecule has 0 aromatic heterocycles. The summed E-state index contributed by atoms with van der Waals surface area (Å²) in [5, 5.41) is 14.9. The van der Waals surface area contributed by atoms with Crippen LogP contribution in [0.25, 0.3) is 0 Å². The van der Waals surface area contributed by atoms with Crippen molar-refractivity contribution in [2.24, 2.45) is 17.8 Å². The van der Waals surface area contributed by atoms with Crippen LogP contribution < -0.4 is 10.6 Å². The topological polar surface area (TPSA) is 87.7 Å². The molecule has 2 amide bonds. The highest BCUT2D eigenvalue weighted by Crippen LogP contribution is 2.25. The van der Waals surface area contributed by atoms with Crippen molar-refractivity contribution in [3.63, 3.8) is 0 Å². The van der Waals surface area contributed by atoms with Crippen molar-refractivity contribution in [3.05, 3.63) is 0 Å². The number of carboxylic acids is 1. The van der Waals surface area contributed by atoms with E-state index in [-0.39, 0.29) is 18.0 Å². The Hall–Kier alpha value is -1.30. The number of amides is 2. The maximum absolute atomic E-state index is 12.0. The number of rotatable bonds is 5. The molecule has 1 aliphatic carbocycles. The third kappa shape index (κ3) is 5.68. The fourth-order valence-corrected chi connectivity index (χ4v) is 3.51. The number of carboxylic acid groups (broad SMARTS) is 1. The van der Waals surface area contributed by atoms with Gasteiger partial charge in [0.15, 0.2) is 0 Å². The van der Waals surface area contributed by atoms with Crippen molar-refractivity contribution < 1.29 is 19.4 Å². The van der Waals surface area contributed by atoms with Crippen LogP contribution in [-0.2, 0) is 9.53 Å². The lowest BCUT2D eigenvalue weighted by molar-refractivity contribution is -0.142. The Labute approximate surface area is 138 Å². The van der Waals surface area contributed by atoms with Crippen LogP contribution in [0.3, 0.4) is 0 Å². The lowest BCUT2D eigenvalue weighted by Crippen LogP contribution is -2.46. The average molecular weight is 326 g/mol. The molecule has 2 unspecified atom stereocenters. The summed E-state index contributed by atoms with van der Waals surface area (Å²) >= 11 is 0. The second kappa shape index (κ2) is 8.52. The molecule has 0 radical (unpaired) electrons. The van der Waals surface area contributed by atoms with Gasteiger partial charge in [-0.1, -0.05) is 13.8 Å². The van der Waals surface area contributed by atoms with Crippen molar-refractivity contribution in [1.29, 1.82) is 0 Å². The van der Waals surface area contributed by atoms with E-state index in [0.29, 0.717) is 37.3 Å². The third-order valence-corrected chi connectivity index (χ3v) is 5.13. The summed E-state index contributed by atoms with van der Waals surface area (Å²) in [5.41, 5.74) is 0. The van der Waals surface area contributed by atoms with E-state index >= 15 is 0 Å². The molecule has 132 valence electrons. The van der Waals surface area contributed by atoms with Crippen LogP contribution in [0.5, 0.6) is 0 Å². The maximum Gasteiger partial charge on any atom is 0.315 e. The molecule has 1 aliphatic heterocycles. The van der Waals surface area contributed by atoms with Crippen molar-refractivity contribution in [2.45, 2.75) is 64.5 Å². The quantitative estimate of drug-likeness (QED) is 0.724. The SMILES string of the molecule is CC(C)C1CC(CNC(=O)NC2CCC(C(=O)O)CC2)CCO1. The largest absolute Gasteiger partial charge is 0.481 e. The summed E-state index contributed by atoms with van der Waals surface area (Å²) in [5.74, 6) is 0.0270. The molecule has 1 saturated carbocycles. The van der Waals surface area contributed by atoms with Gasteiger partial charge in [-0.25, -0.2) is 4.79 Å². The van der Waals surface area contributed by atoms with E-state index in [2.05, 4.69) is 24.5 Å². The zero-order chi connectivity index (χ0) is 16.8. The predicted molar refractivity (Wildman–Crippen MR) is 87.2 cm³/mol. The van der Waals surface area contributed by atoms with Crippen LogP contribution >= 0.6 is 0 Å². The summed E-state index contributed by atoms with van der Waals surface area (Å²) in [6.45, 7) is 5.79. The summed E-state index contributed by atoms with van der Waals surface area (Å²) < 4.78 is 5.75. The van der Waals surface area contributed by atoms with E-state index in [9.17, 15) is 9.59 Å².